The van der Waals surface area contributed by atoms with Crippen LogP contribution >= 0.6 is 27.5 Å². The van der Waals surface area contributed by atoms with Crippen molar-refractivity contribution in [2.75, 3.05) is 18.4 Å². The van der Waals surface area contributed by atoms with Crippen LogP contribution in [0.15, 0.2) is 57.9 Å². The van der Waals surface area contributed by atoms with Gasteiger partial charge in [-0.05, 0) is 61.4 Å². The molecule has 1 aliphatic rings. The topological polar surface area (TPSA) is 66.5 Å². The van der Waals surface area contributed by atoms with Gasteiger partial charge in [0.25, 0.3) is 0 Å². The van der Waals surface area contributed by atoms with Crippen LogP contribution in [0.4, 0.5) is 5.69 Å². The number of halogens is 2. The second-order valence-corrected chi connectivity index (χ2v) is 9.44. The first kappa shape index (κ1) is 19.4. The van der Waals surface area contributed by atoms with Gasteiger partial charge in [-0.1, -0.05) is 27.5 Å². The molecule has 8 heteroatoms. The Kier molecular flexibility index (Phi) is 6.02. The van der Waals surface area contributed by atoms with E-state index in [0.717, 1.165) is 4.47 Å². The average molecular weight is 458 g/mol. The molecule has 0 saturated carbocycles. The number of nitrogens with one attached hydrogen (secondary N) is 1. The van der Waals surface area contributed by atoms with Crippen molar-refractivity contribution in [1.82, 2.24) is 4.31 Å². The first-order valence-electron chi connectivity index (χ1n) is 8.18. The molecule has 3 rings (SSSR count). The number of hydrogen-bond donors (Lipinski definition) is 1. The fourth-order valence-electron chi connectivity index (χ4n) is 2.91. The van der Waals surface area contributed by atoms with Crippen LogP contribution in [-0.4, -0.2) is 31.7 Å². The molecule has 1 heterocycles. The molecule has 1 aliphatic heterocycles. The lowest BCUT2D eigenvalue weighted by atomic mass is 9.99. The normalized spacial score (nSPS) is 18.5. The second-order valence-electron chi connectivity index (χ2n) is 6.15. The zero-order chi connectivity index (χ0) is 18.7. The summed E-state index contributed by atoms with van der Waals surface area (Å²) in [7, 11) is -3.61. The van der Waals surface area contributed by atoms with E-state index < -0.39 is 10.0 Å². The standard InChI is InChI=1S/C18H18BrClN2O3S/c19-14-3-9-17(10-4-14)26(24,25)22-11-1-2-13(12-22)18(23)21-16-7-5-15(20)6-8-16/h3-10,13H,1-2,11-12H2,(H,21,23)/t13-/m0/s1. The van der Waals surface area contributed by atoms with Crippen molar-refractivity contribution < 1.29 is 13.2 Å². The summed E-state index contributed by atoms with van der Waals surface area (Å²) in [6.07, 6.45) is 1.31. The van der Waals surface area contributed by atoms with E-state index in [0.29, 0.717) is 30.1 Å². The van der Waals surface area contributed by atoms with Crippen molar-refractivity contribution in [3.8, 4) is 0 Å². The Bertz CT molecular complexity index is 886. The summed E-state index contributed by atoms with van der Waals surface area (Å²) in [5, 5.41) is 3.42. The summed E-state index contributed by atoms with van der Waals surface area (Å²) in [6, 6.07) is 13.4. The minimum Gasteiger partial charge on any atom is -0.326 e. The van der Waals surface area contributed by atoms with Gasteiger partial charge in [-0.25, -0.2) is 8.42 Å². The molecule has 1 saturated heterocycles. The van der Waals surface area contributed by atoms with E-state index in [1.54, 1.807) is 48.5 Å². The molecule has 1 amide bonds. The number of nitrogens with zero attached hydrogens (tertiary/aromatic N) is 1. The maximum Gasteiger partial charge on any atom is 0.243 e. The number of amides is 1. The first-order valence-corrected chi connectivity index (χ1v) is 10.8. The number of carbonyl (C=O) groups is 1. The van der Waals surface area contributed by atoms with Gasteiger partial charge in [0.1, 0.15) is 0 Å². The van der Waals surface area contributed by atoms with Gasteiger partial charge in [0.15, 0.2) is 0 Å². The van der Waals surface area contributed by atoms with Crippen LogP contribution < -0.4 is 5.32 Å². The molecule has 5 nitrogen and oxygen atoms in total. The molecule has 1 N–H and O–H groups in total. The Hall–Kier alpha value is -1.41. The van der Waals surface area contributed by atoms with Crippen LogP contribution in [0.1, 0.15) is 12.8 Å². The van der Waals surface area contributed by atoms with Crippen molar-refractivity contribution in [3.63, 3.8) is 0 Å². The van der Waals surface area contributed by atoms with E-state index in [1.165, 1.54) is 4.31 Å². The third-order valence-electron chi connectivity index (χ3n) is 4.32. The maximum atomic E-state index is 12.8. The Morgan fingerprint density at radius 2 is 1.77 bits per heavy atom. The van der Waals surface area contributed by atoms with Gasteiger partial charge in [-0.3, -0.25) is 4.79 Å². The lowest BCUT2D eigenvalue weighted by Crippen LogP contribution is -2.43. The third-order valence-corrected chi connectivity index (χ3v) is 6.98. The summed E-state index contributed by atoms with van der Waals surface area (Å²) >= 11 is 9.15. The molecular weight excluding hydrogens is 440 g/mol. The minimum atomic E-state index is -3.61. The van der Waals surface area contributed by atoms with E-state index in [4.69, 9.17) is 11.6 Å². The summed E-state index contributed by atoms with van der Waals surface area (Å²) in [5.41, 5.74) is 0.646. The molecule has 0 unspecified atom stereocenters. The van der Waals surface area contributed by atoms with Crippen molar-refractivity contribution >= 4 is 49.1 Å². The third kappa shape index (κ3) is 4.46. The van der Waals surface area contributed by atoms with E-state index in [1.807, 2.05) is 0 Å². The molecule has 1 fully saturated rings. The average Bonchev–Trinajstić information content (AvgIpc) is 2.64. The smallest absolute Gasteiger partial charge is 0.243 e. The highest BCUT2D eigenvalue weighted by molar-refractivity contribution is 9.10. The van der Waals surface area contributed by atoms with Gasteiger partial charge in [0.2, 0.25) is 15.9 Å². The predicted octanol–water partition coefficient (Wildman–Crippen LogP) is 4.14. The molecule has 0 radical (unpaired) electrons. The van der Waals surface area contributed by atoms with Gasteiger partial charge in [0, 0.05) is 28.3 Å². The second kappa shape index (κ2) is 8.08. The Balaban J connectivity index is 1.71. The van der Waals surface area contributed by atoms with E-state index >= 15 is 0 Å². The fraction of sp³-hybridized carbons (Fsp3) is 0.278. The zero-order valence-electron chi connectivity index (χ0n) is 13.9. The van der Waals surface area contributed by atoms with Crippen LogP contribution in [0.25, 0.3) is 0 Å². The van der Waals surface area contributed by atoms with Gasteiger partial charge in [0.05, 0.1) is 10.8 Å². The Morgan fingerprint density at radius 1 is 1.12 bits per heavy atom. The minimum absolute atomic E-state index is 0.178. The molecule has 1 atom stereocenters. The van der Waals surface area contributed by atoms with Gasteiger partial charge in [-0.15, -0.1) is 0 Å². The van der Waals surface area contributed by atoms with Crippen LogP contribution in [0.3, 0.4) is 0 Å². The number of benzene rings is 2. The van der Waals surface area contributed by atoms with Crippen LogP contribution in [0.2, 0.25) is 5.02 Å². The quantitative estimate of drug-likeness (QED) is 0.750. The van der Waals surface area contributed by atoms with Gasteiger partial charge >= 0.3 is 0 Å². The van der Waals surface area contributed by atoms with Gasteiger partial charge < -0.3 is 5.32 Å². The summed E-state index contributed by atoms with van der Waals surface area (Å²) in [6.45, 7) is 0.598. The predicted molar refractivity (Wildman–Crippen MR) is 106 cm³/mol. The monoisotopic (exact) mass is 456 g/mol. The number of piperidine rings is 1. The van der Waals surface area contributed by atoms with Crippen molar-refractivity contribution in [2.24, 2.45) is 5.92 Å². The number of carbonyl (C=O) groups excluding carboxylic acids is 1. The number of hydrogen-bond acceptors (Lipinski definition) is 3. The van der Waals surface area contributed by atoms with Crippen molar-refractivity contribution in [3.05, 3.63) is 58.0 Å². The zero-order valence-corrected chi connectivity index (χ0v) is 17.0. The summed E-state index contributed by atoms with van der Waals surface area (Å²) < 4.78 is 27.9. The van der Waals surface area contributed by atoms with E-state index in [9.17, 15) is 13.2 Å². The lowest BCUT2D eigenvalue weighted by Gasteiger charge is -2.31. The molecule has 0 aliphatic carbocycles. The van der Waals surface area contributed by atoms with E-state index in [2.05, 4.69) is 21.2 Å². The molecule has 0 spiro atoms. The molecule has 0 bridgehead atoms. The SMILES string of the molecule is O=C(Nc1ccc(Cl)cc1)[C@H]1CCCN(S(=O)(=O)c2ccc(Br)cc2)C1. The largest absolute Gasteiger partial charge is 0.326 e. The summed E-state index contributed by atoms with van der Waals surface area (Å²) in [5.74, 6) is -0.562. The van der Waals surface area contributed by atoms with E-state index in [-0.39, 0.29) is 23.3 Å². The molecule has 2 aromatic carbocycles. The fourth-order valence-corrected chi connectivity index (χ4v) is 4.82. The van der Waals surface area contributed by atoms with Crippen molar-refractivity contribution in [1.29, 1.82) is 0 Å². The Morgan fingerprint density at radius 3 is 2.42 bits per heavy atom. The maximum absolute atomic E-state index is 12.8. The molecular formula is C18H18BrClN2O3S. The van der Waals surface area contributed by atoms with Crippen LogP contribution in [0, 0.1) is 5.92 Å². The number of sulfonamides is 1. The molecule has 2 aromatic rings. The first-order chi connectivity index (χ1) is 12.4. The highest BCUT2D eigenvalue weighted by Crippen LogP contribution is 2.26. The van der Waals surface area contributed by atoms with Crippen molar-refractivity contribution in [2.45, 2.75) is 17.7 Å². The molecule has 138 valence electrons. The van der Waals surface area contributed by atoms with Gasteiger partial charge in [-0.2, -0.15) is 4.31 Å². The molecule has 0 aromatic heterocycles. The Labute approximate surface area is 166 Å². The number of rotatable bonds is 4. The van der Waals surface area contributed by atoms with Crippen LogP contribution in [0.5, 0.6) is 0 Å². The highest BCUT2D eigenvalue weighted by atomic mass is 79.9. The molecule has 26 heavy (non-hydrogen) atoms. The number of anilines is 1. The van der Waals surface area contributed by atoms with Crippen LogP contribution in [-0.2, 0) is 14.8 Å². The summed E-state index contributed by atoms with van der Waals surface area (Å²) in [4.78, 5) is 12.8. The highest BCUT2D eigenvalue weighted by Gasteiger charge is 2.33. The lowest BCUT2D eigenvalue weighted by molar-refractivity contribution is -0.120.